The van der Waals surface area contributed by atoms with Crippen LogP contribution in [0, 0.1) is 11.3 Å². The zero-order valence-corrected chi connectivity index (χ0v) is 15.2. The van der Waals surface area contributed by atoms with E-state index in [0.29, 0.717) is 11.3 Å². The van der Waals surface area contributed by atoms with Crippen molar-refractivity contribution in [1.82, 2.24) is 9.47 Å². The molecule has 0 atom stereocenters. The highest BCUT2D eigenvalue weighted by Gasteiger charge is 2.18. The normalized spacial score (nSPS) is 10.2. The topological polar surface area (TPSA) is 88.5 Å². The number of rotatable bonds is 8. The first-order valence-corrected chi connectivity index (χ1v) is 8.75. The van der Waals surface area contributed by atoms with Gasteiger partial charge in [0, 0.05) is 24.6 Å². The van der Waals surface area contributed by atoms with Gasteiger partial charge in [-0.3, -0.25) is 4.79 Å². The van der Waals surface area contributed by atoms with Crippen LogP contribution in [-0.2, 0) is 16.1 Å². The Morgan fingerprint density at radius 1 is 1.14 bits per heavy atom. The summed E-state index contributed by atoms with van der Waals surface area (Å²) in [7, 11) is 0. The van der Waals surface area contributed by atoms with Crippen molar-refractivity contribution in [3.05, 3.63) is 78.5 Å². The summed E-state index contributed by atoms with van der Waals surface area (Å²) in [5, 5.41) is 8.80. The fourth-order valence-corrected chi connectivity index (χ4v) is 2.67. The first kappa shape index (κ1) is 19.0. The fourth-order valence-electron chi connectivity index (χ4n) is 2.67. The van der Waals surface area contributed by atoms with Crippen LogP contribution < -0.4 is 0 Å². The number of aromatic nitrogens is 1. The lowest BCUT2D eigenvalue weighted by atomic mass is 10.2. The summed E-state index contributed by atoms with van der Waals surface area (Å²) in [5.74, 6) is -0.376. The van der Waals surface area contributed by atoms with E-state index in [1.165, 1.54) is 11.2 Å². The largest absolute Gasteiger partial charge is 0.467 e. The molecular formula is C21H19N3O4. The van der Waals surface area contributed by atoms with Crippen molar-refractivity contribution >= 4 is 11.9 Å². The molecule has 2 aromatic heterocycles. The lowest BCUT2D eigenvalue weighted by molar-refractivity contribution is -0.135. The molecule has 7 nitrogen and oxygen atoms in total. The Morgan fingerprint density at radius 3 is 2.68 bits per heavy atom. The van der Waals surface area contributed by atoms with E-state index < -0.39 is 12.6 Å². The standard InChI is InChI=1S/C21H19N3O4/c22-9-5-12-24(15-19-8-4-13-27-19)20(25)16-28-21(26)17-6-3-7-18(14-17)23-10-1-2-11-23/h1-4,6-8,10-11,13-14H,5,12,15-16H2. The van der Waals surface area contributed by atoms with Crippen molar-refractivity contribution in [3.8, 4) is 11.8 Å². The Morgan fingerprint density at radius 2 is 1.96 bits per heavy atom. The molecule has 7 heteroatoms. The summed E-state index contributed by atoms with van der Waals surface area (Å²) in [6, 6.07) is 16.2. The smallest absolute Gasteiger partial charge is 0.338 e. The first-order chi connectivity index (χ1) is 13.7. The second-order valence-corrected chi connectivity index (χ2v) is 6.02. The molecule has 0 saturated heterocycles. The summed E-state index contributed by atoms with van der Waals surface area (Å²) in [6.45, 7) is 0.0452. The molecule has 1 aromatic carbocycles. The third kappa shape index (κ3) is 4.89. The maximum absolute atomic E-state index is 12.5. The monoisotopic (exact) mass is 377 g/mol. The molecule has 3 rings (SSSR count). The van der Waals surface area contributed by atoms with E-state index in [4.69, 9.17) is 14.4 Å². The Labute approximate surface area is 162 Å². The lowest BCUT2D eigenvalue weighted by Crippen LogP contribution is -2.35. The number of carbonyl (C=O) groups is 2. The number of nitriles is 1. The zero-order valence-electron chi connectivity index (χ0n) is 15.2. The Kier molecular flexibility index (Phi) is 6.26. The van der Waals surface area contributed by atoms with Crippen molar-refractivity contribution in [2.45, 2.75) is 13.0 Å². The first-order valence-electron chi connectivity index (χ1n) is 8.75. The van der Waals surface area contributed by atoms with Gasteiger partial charge in [0.05, 0.1) is 30.9 Å². The van der Waals surface area contributed by atoms with Gasteiger partial charge in [0.2, 0.25) is 0 Å². The van der Waals surface area contributed by atoms with Gasteiger partial charge < -0.3 is 18.6 Å². The predicted molar refractivity (Wildman–Crippen MR) is 100 cm³/mol. The van der Waals surface area contributed by atoms with E-state index >= 15 is 0 Å². The second kappa shape index (κ2) is 9.24. The van der Waals surface area contributed by atoms with Crippen LogP contribution in [0.25, 0.3) is 5.69 Å². The zero-order chi connectivity index (χ0) is 19.8. The quantitative estimate of drug-likeness (QED) is 0.563. The molecule has 0 unspecified atom stereocenters. The van der Waals surface area contributed by atoms with Crippen LogP contribution in [0.5, 0.6) is 0 Å². The summed E-state index contributed by atoms with van der Waals surface area (Å²) in [4.78, 5) is 26.2. The average molecular weight is 377 g/mol. The summed E-state index contributed by atoms with van der Waals surface area (Å²) in [6.07, 6.45) is 5.44. The number of hydrogen-bond donors (Lipinski definition) is 0. The molecule has 28 heavy (non-hydrogen) atoms. The van der Waals surface area contributed by atoms with Crippen LogP contribution in [0.4, 0.5) is 0 Å². The van der Waals surface area contributed by atoms with Crippen LogP contribution in [0.2, 0.25) is 0 Å². The maximum Gasteiger partial charge on any atom is 0.338 e. The number of furan rings is 1. The number of carbonyl (C=O) groups excluding carboxylic acids is 2. The highest BCUT2D eigenvalue weighted by molar-refractivity contribution is 5.91. The lowest BCUT2D eigenvalue weighted by Gasteiger charge is -2.20. The number of ether oxygens (including phenoxy) is 1. The Bertz CT molecular complexity index is 956. The van der Waals surface area contributed by atoms with E-state index in [1.807, 2.05) is 41.2 Å². The van der Waals surface area contributed by atoms with Gasteiger partial charge in [-0.05, 0) is 42.5 Å². The third-order valence-electron chi connectivity index (χ3n) is 4.08. The van der Waals surface area contributed by atoms with Crippen LogP contribution >= 0.6 is 0 Å². The van der Waals surface area contributed by atoms with E-state index in [-0.39, 0.29) is 25.4 Å². The van der Waals surface area contributed by atoms with E-state index in [1.54, 1.807) is 30.3 Å². The molecular weight excluding hydrogens is 358 g/mol. The van der Waals surface area contributed by atoms with E-state index in [9.17, 15) is 9.59 Å². The highest BCUT2D eigenvalue weighted by atomic mass is 16.5. The van der Waals surface area contributed by atoms with Crippen LogP contribution in [-0.4, -0.2) is 34.5 Å². The van der Waals surface area contributed by atoms with E-state index in [0.717, 1.165) is 5.69 Å². The molecule has 0 radical (unpaired) electrons. The Hall–Kier alpha value is -3.79. The second-order valence-electron chi connectivity index (χ2n) is 6.02. The van der Waals surface area contributed by atoms with Gasteiger partial charge in [0.15, 0.2) is 6.61 Å². The molecule has 1 amide bonds. The molecule has 0 aliphatic carbocycles. The number of nitrogens with zero attached hydrogens (tertiary/aromatic N) is 3. The van der Waals surface area contributed by atoms with Crippen molar-refractivity contribution in [1.29, 1.82) is 5.26 Å². The van der Waals surface area contributed by atoms with Gasteiger partial charge in [-0.1, -0.05) is 6.07 Å². The summed E-state index contributed by atoms with van der Waals surface area (Å²) < 4.78 is 12.3. The summed E-state index contributed by atoms with van der Waals surface area (Å²) in [5.41, 5.74) is 1.17. The highest BCUT2D eigenvalue weighted by Crippen LogP contribution is 2.12. The molecule has 142 valence electrons. The average Bonchev–Trinajstić information content (AvgIpc) is 3.43. The van der Waals surface area contributed by atoms with E-state index in [2.05, 4.69) is 0 Å². The molecule has 0 aliphatic heterocycles. The predicted octanol–water partition coefficient (Wildman–Crippen LogP) is 3.17. The third-order valence-corrected chi connectivity index (χ3v) is 4.08. The van der Waals surface area contributed by atoms with Crippen LogP contribution in [0.3, 0.4) is 0 Å². The van der Waals surface area contributed by atoms with Crippen LogP contribution in [0.1, 0.15) is 22.5 Å². The molecule has 0 N–H and O–H groups in total. The number of amides is 1. The Balaban J connectivity index is 1.61. The maximum atomic E-state index is 12.5. The number of esters is 1. The van der Waals surface area contributed by atoms with Crippen molar-refractivity contribution < 1.29 is 18.7 Å². The minimum Gasteiger partial charge on any atom is -0.467 e. The minimum atomic E-state index is -0.583. The molecule has 3 aromatic rings. The van der Waals surface area contributed by atoms with Gasteiger partial charge in [-0.25, -0.2) is 4.79 Å². The summed E-state index contributed by atoms with van der Waals surface area (Å²) >= 11 is 0. The molecule has 0 fully saturated rings. The fraction of sp³-hybridized carbons (Fsp3) is 0.190. The van der Waals surface area contributed by atoms with Gasteiger partial charge in [-0.2, -0.15) is 5.26 Å². The molecule has 2 heterocycles. The van der Waals surface area contributed by atoms with Crippen LogP contribution in [0.15, 0.2) is 71.6 Å². The molecule has 0 spiro atoms. The van der Waals surface area contributed by atoms with Gasteiger partial charge in [-0.15, -0.1) is 0 Å². The van der Waals surface area contributed by atoms with Crippen molar-refractivity contribution in [3.63, 3.8) is 0 Å². The molecule has 0 saturated carbocycles. The van der Waals surface area contributed by atoms with Gasteiger partial charge in [0.1, 0.15) is 5.76 Å². The van der Waals surface area contributed by atoms with Gasteiger partial charge in [0.25, 0.3) is 5.91 Å². The minimum absolute atomic E-state index is 0.180. The molecule has 0 aliphatic rings. The SMILES string of the molecule is N#CCCN(Cc1ccco1)C(=O)COC(=O)c1cccc(-n2cccc2)c1. The van der Waals surface area contributed by atoms with Gasteiger partial charge >= 0.3 is 5.97 Å². The number of hydrogen-bond acceptors (Lipinski definition) is 5. The van der Waals surface area contributed by atoms with Crippen molar-refractivity contribution in [2.75, 3.05) is 13.2 Å². The number of benzene rings is 1. The molecule has 0 bridgehead atoms. The van der Waals surface area contributed by atoms with Crippen molar-refractivity contribution in [2.24, 2.45) is 0 Å².